The number of alkyl carbamates (subject to hydrolysis) is 1. The van der Waals surface area contributed by atoms with Gasteiger partial charge in [-0.15, -0.1) is 0 Å². The van der Waals surface area contributed by atoms with Crippen molar-refractivity contribution in [3.05, 3.63) is 0 Å². The van der Waals surface area contributed by atoms with Crippen LogP contribution in [0.25, 0.3) is 0 Å². The van der Waals surface area contributed by atoms with Crippen molar-refractivity contribution in [2.24, 2.45) is 5.73 Å². The van der Waals surface area contributed by atoms with Crippen molar-refractivity contribution in [3.8, 4) is 0 Å². The fraction of sp³-hybridized carbons (Fsp3) is 0.810. The van der Waals surface area contributed by atoms with E-state index in [1.54, 1.807) is 41.5 Å². The van der Waals surface area contributed by atoms with Crippen LogP contribution in [-0.2, 0) is 28.6 Å². The minimum absolute atomic E-state index is 0.0336. The first-order chi connectivity index (χ1) is 14.1. The number of hydrogen-bond acceptors (Lipinski definition) is 8. The first-order valence-corrected chi connectivity index (χ1v) is 10.5. The highest BCUT2D eigenvalue weighted by atomic mass is 16.6. The van der Waals surface area contributed by atoms with Crippen LogP contribution in [0.3, 0.4) is 0 Å². The minimum Gasteiger partial charge on any atom is -0.467 e. The van der Waals surface area contributed by atoms with Crippen molar-refractivity contribution in [1.29, 1.82) is 0 Å². The van der Waals surface area contributed by atoms with Gasteiger partial charge in [0.05, 0.1) is 7.11 Å². The van der Waals surface area contributed by atoms with Gasteiger partial charge in [0, 0.05) is 13.0 Å². The van der Waals surface area contributed by atoms with Crippen molar-refractivity contribution < 1.29 is 33.4 Å². The number of ether oxygens (including phenoxy) is 3. The number of carbonyl (C=O) groups is 4. The van der Waals surface area contributed by atoms with Gasteiger partial charge >= 0.3 is 18.0 Å². The largest absolute Gasteiger partial charge is 0.467 e. The van der Waals surface area contributed by atoms with Crippen LogP contribution in [0.2, 0.25) is 0 Å². The fourth-order valence-electron chi connectivity index (χ4n) is 2.42. The third-order valence-electron chi connectivity index (χ3n) is 3.80. The summed E-state index contributed by atoms with van der Waals surface area (Å²) >= 11 is 0. The van der Waals surface area contributed by atoms with Gasteiger partial charge in [0.15, 0.2) is 0 Å². The second-order valence-electron chi connectivity index (χ2n) is 9.25. The molecule has 180 valence electrons. The molecule has 0 unspecified atom stereocenters. The summed E-state index contributed by atoms with van der Waals surface area (Å²) in [5.41, 5.74) is 4.54. The van der Waals surface area contributed by atoms with Crippen molar-refractivity contribution in [2.45, 2.75) is 96.9 Å². The van der Waals surface area contributed by atoms with Crippen LogP contribution in [0.15, 0.2) is 0 Å². The van der Waals surface area contributed by atoms with Gasteiger partial charge in [0.1, 0.15) is 23.3 Å². The average molecular weight is 446 g/mol. The molecule has 0 saturated heterocycles. The number of nitrogens with two attached hydrogens (primary N) is 1. The summed E-state index contributed by atoms with van der Waals surface area (Å²) in [4.78, 5) is 47.6. The lowest BCUT2D eigenvalue weighted by Crippen LogP contribution is -2.43. The molecule has 4 N–H and O–H groups in total. The number of esters is 2. The van der Waals surface area contributed by atoms with E-state index < -0.39 is 47.2 Å². The summed E-state index contributed by atoms with van der Waals surface area (Å²) in [6, 6.07) is -1.75. The lowest BCUT2D eigenvalue weighted by molar-refractivity contribution is -0.156. The molecule has 0 aromatic rings. The third kappa shape index (κ3) is 15.1. The minimum atomic E-state index is -0.930. The van der Waals surface area contributed by atoms with Crippen LogP contribution in [0.5, 0.6) is 0 Å². The van der Waals surface area contributed by atoms with Crippen molar-refractivity contribution in [2.75, 3.05) is 13.7 Å². The molecule has 0 fully saturated rings. The van der Waals surface area contributed by atoms with Gasteiger partial charge in [-0.1, -0.05) is 0 Å². The van der Waals surface area contributed by atoms with E-state index in [2.05, 4.69) is 10.6 Å². The van der Waals surface area contributed by atoms with Crippen molar-refractivity contribution in [1.82, 2.24) is 10.6 Å². The second kappa shape index (κ2) is 13.1. The van der Waals surface area contributed by atoms with Gasteiger partial charge in [-0.25, -0.2) is 9.59 Å². The molecule has 0 bridgehead atoms. The molecule has 0 aliphatic carbocycles. The molecule has 0 aliphatic rings. The van der Waals surface area contributed by atoms with E-state index in [1.165, 1.54) is 7.11 Å². The predicted octanol–water partition coefficient (Wildman–Crippen LogP) is 1.79. The number of nitrogens with one attached hydrogen (secondary N) is 2. The van der Waals surface area contributed by atoms with Gasteiger partial charge in [-0.2, -0.15) is 0 Å². The Morgan fingerprint density at radius 3 is 1.97 bits per heavy atom. The molecular formula is C21H39N3O7. The van der Waals surface area contributed by atoms with Gasteiger partial charge in [0.2, 0.25) is 5.91 Å². The fourth-order valence-corrected chi connectivity index (χ4v) is 2.42. The van der Waals surface area contributed by atoms with E-state index in [-0.39, 0.29) is 12.8 Å². The molecule has 0 spiro atoms. The smallest absolute Gasteiger partial charge is 0.407 e. The molecule has 10 heteroatoms. The average Bonchev–Trinajstić information content (AvgIpc) is 2.61. The Morgan fingerprint density at radius 1 is 0.871 bits per heavy atom. The Morgan fingerprint density at radius 2 is 1.45 bits per heavy atom. The summed E-state index contributed by atoms with van der Waals surface area (Å²) in [5.74, 6) is -1.56. The van der Waals surface area contributed by atoms with Gasteiger partial charge in [-0.3, -0.25) is 9.59 Å². The number of carbonyl (C=O) groups excluding carboxylic acids is 4. The topological polar surface area (TPSA) is 146 Å². The number of amides is 2. The maximum absolute atomic E-state index is 12.2. The zero-order chi connectivity index (χ0) is 24.2. The van der Waals surface area contributed by atoms with Crippen LogP contribution in [0, 0.1) is 0 Å². The van der Waals surface area contributed by atoms with E-state index in [0.29, 0.717) is 25.8 Å². The molecule has 0 saturated carbocycles. The Labute approximate surface area is 184 Å². The number of methoxy groups -OCH3 is 1. The number of unbranched alkanes of at least 4 members (excludes halogenated alkanes) is 1. The second-order valence-corrected chi connectivity index (χ2v) is 9.25. The molecule has 2 amide bonds. The monoisotopic (exact) mass is 445 g/mol. The molecule has 0 aromatic carbocycles. The molecule has 0 rings (SSSR count). The first kappa shape index (κ1) is 28.6. The van der Waals surface area contributed by atoms with Crippen LogP contribution in [-0.4, -0.2) is 60.9 Å². The highest BCUT2D eigenvalue weighted by Gasteiger charge is 2.25. The first-order valence-electron chi connectivity index (χ1n) is 10.5. The normalized spacial score (nSPS) is 13.5. The van der Waals surface area contributed by atoms with E-state index in [4.69, 9.17) is 19.9 Å². The van der Waals surface area contributed by atoms with Crippen molar-refractivity contribution in [3.63, 3.8) is 0 Å². The standard InChI is InChI=1S/C21H39N3O7/c1-20(2,3)30-17(26)14(22)11-12-16(25)24-15(18(27)29-7)10-8-9-13-23-19(28)31-21(4,5)6/h14-15H,8-13,22H2,1-7H3,(H,23,28)(H,24,25)/t14-,15+/m1/s1. The number of rotatable bonds is 11. The Bertz CT molecular complexity index is 609. The lowest BCUT2D eigenvalue weighted by atomic mass is 10.1. The molecular weight excluding hydrogens is 406 g/mol. The molecule has 0 aliphatic heterocycles. The molecule has 0 aromatic heterocycles. The Hall–Kier alpha value is -2.36. The van der Waals surface area contributed by atoms with Crippen molar-refractivity contribution >= 4 is 23.9 Å². The lowest BCUT2D eigenvalue weighted by Gasteiger charge is -2.22. The summed E-state index contributed by atoms with van der Waals surface area (Å²) in [6.07, 6.45) is 1.04. The molecule has 2 atom stereocenters. The summed E-state index contributed by atoms with van der Waals surface area (Å²) in [6.45, 7) is 10.9. The Balaban J connectivity index is 4.38. The van der Waals surface area contributed by atoms with E-state index in [0.717, 1.165) is 0 Å². The highest BCUT2D eigenvalue weighted by molar-refractivity contribution is 5.85. The SMILES string of the molecule is COC(=O)[C@H](CCCCNC(=O)OC(C)(C)C)NC(=O)CC[C@@H](N)C(=O)OC(C)(C)C. The maximum Gasteiger partial charge on any atom is 0.407 e. The molecule has 0 radical (unpaired) electrons. The van der Waals surface area contributed by atoms with E-state index in [9.17, 15) is 19.2 Å². The van der Waals surface area contributed by atoms with Gasteiger partial charge < -0.3 is 30.6 Å². The van der Waals surface area contributed by atoms with Crippen LogP contribution in [0.1, 0.15) is 73.6 Å². The Kier molecular flexibility index (Phi) is 12.1. The molecule has 0 heterocycles. The molecule has 10 nitrogen and oxygen atoms in total. The summed E-state index contributed by atoms with van der Waals surface area (Å²) in [7, 11) is 1.24. The number of hydrogen-bond donors (Lipinski definition) is 3. The zero-order valence-electron chi connectivity index (χ0n) is 19.8. The maximum atomic E-state index is 12.2. The third-order valence-corrected chi connectivity index (χ3v) is 3.80. The van der Waals surface area contributed by atoms with Crippen LogP contribution < -0.4 is 16.4 Å². The van der Waals surface area contributed by atoms with Crippen LogP contribution in [0.4, 0.5) is 4.79 Å². The highest BCUT2D eigenvalue weighted by Crippen LogP contribution is 2.10. The van der Waals surface area contributed by atoms with Gasteiger partial charge in [0.25, 0.3) is 0 Å². The van der Waals surface area contributed by atoms with E-state index in [1.807, 2.05) is 0 Å². The quantitative estimate of drug-likeness (QED) is 0.248. The zero-order valence-corrected chi connectivity index (χ0v) is 19.8. The predicted molar refractivity (Wildman–Crippen MR) is 115 cm³/mol. The van der Waals surface area contributed by atoms with Gasteiger partial charge in [-0.05, 0) is 67.2 Å². The van der Waals surface area contributed by atoms with E-state index >= 15 is 0 Å². The summed E-state index contributed by atoms with van der Waals surface area (Å²) in [5, 5.41) is 5.24. The summed E-state index contributed by atoms with van der Waals surface area (Å²) < 4.78 is 15.1. The van der Waals surface area contributed by atoms with Crippen LogP contribution >= 0.6 is 0 Å². The molecule has 31 heavy (non-hydrogen) atoms.